The molecule has 0 saturated carbocycles. The normalized spacial score (nSPS) is 13.1. The zero-order valence-electron chi connectivity index (χ0n) is 11.5. The summed E-state index contributed by atoms with van der Waals surface area (Å²) >= 11 is 0. The van der Waals surface area contributed by atoms with E-state index in [1.54, 1.807) is 0 Å². The third-order valence-corrected chi connectivity index (χ3v) is 3.57. The SMILES string of the molecule is CCCNC(=O)CCC(=O)c1ccc2c(c1)CCC2. The van der Waals surface area contributed by atoms with Crippen LogP contribution in [0.1, 0.15) is 54.1 Å². The summed E-state index contributed by atoms with van der Waals surface area (Å²) in [5.74, 6) is 0.0395. The van der Waals surface area contributed by atoms with Crippen LogP contribution in [-0.4, -0.2) is 18.2 Å². The van der Waals surface area contributed by atoms with Gasteiger partial charge in [0.05, 0.1) is 0 Å². The molecule has 3 nitrogen and oxygen atoms in total. The van der Waals surface area contributed by atoms with E-state index >= 15 is 0 Å². The molecule has 19 heavy (non-hydrogen) atoms. The maximum atomic E-state index is 12.0. The molecule has 2 rings (SSSR count). The first kappa shape index (κ1) is 13.8. The number of benzene rings is 1. The molecule has 1 N–H and O–H groups in total. The van der Waals surface area contributed by atoms with Crippen LogP contribution in [0.5, 0.6) is 0 Å². The lowest BCUT2D eigenvalue weighted by molar-refractivity contribution is -0.121. The number of nitrogens with one attached hydrogen (secondary N) is 1. The molecule has 0 radical (unpaired) electrons. The van der Waals surface area contributed by atoms with Gasteiger partial charge in [0.1, 0.15) is 0 Å². The van der Waals surface area contributed by atoms with Crippen LogP contribution in [0.3, 0.4) is 0 Å². The smallest absolute Gasteiger partial charge is 0.220 e. The molecule has 0 aromatic heterocycles. The zero-order chi connectivity index (χ0) is 13.7. The maximum Gasteiger partial charge on any atom is 0.220 e. The summed E-state index contributed by atoms with van der Waals surface area (Å²) in [4.78, 5) is 23.5. The summed E-state index contributed by atoms with van der Waals surface area (Å²) in [5, 5.41) is 2.79. The Morgan fingerprint density at radius 2 is 1.95 bits per heavy atom. The number of ketones is 1. The van der Waals surface area contributed by atoms with Gasteiger partial charge in [-0.05, 0) is 42.9 Å². The minimum absolute atomic E-state index is 0.0311. The van der Waals surface area contributed by atoms with Crippen LogP contribution in [-0.2, 0) is 17.6 Å². The first-order valence-electron chi connectivity index (χ1n) is 7.12. The van der Waals surface area contributed by atoms with Crippen molar-refractivity contribution >= 4 is 11.7 Å². The fourth-order valence-electron chi connectivity index (χ4n) is 2.47. The van der Waals surface area contributed by atoms with E-state index in [4.69, 9.17) is 0 Å². The average Bonchev–Trinajstić information content (AvgIpc) is 2.89. The third-order valence-electron chi connectivity index (χ3n) is 3.57. The van der Waals surface area contributed by atoms with Gasteiger partial charge in [0.15, 0.2) is 5.78 Å². The zero-order valence-corrected chi connectivity index (χ0v) is 11.5. The molecule has 1 amide bonds. The average molecular weight is 259 g/mol. The summed E-state index contributed by atoms with van der Waals surface area (Å²) in [7, 11) is 0. The van der Waals surface area contributed by atoms with E-state index in [-0.39, 0.29) is 18.1 Å². The lowest BCUT2D eigenvalue weighted by Crippen LogP contribution is -2.24. The summed E-state index contributed by atoms with van der Waals surface area (Å²) < 4.78 is 0. The highest BCUT2D eigenvalue weighted by atomic mass is 16.2. The van der Waals surface area contributed by atoms with E-state index < -0.39 is 0 Å². The van der Waals surface area contributed by atoms with Crippen LogP contribution in [0.15, 0.2) is 18.2 Å². The number of fused-ring (bicyclic) bond motifs is 1. The molecule has 0 unspecified atom stereocenters. The molecular formula is C16H21NO2. The molecule has 1 aliphatic rings. The van der Waals surface area contributed by atoms with Crippen molar-refractivity contribution < 1.29 is 9.59 Å². The van der Waals surface area contributed by atoms with Crippen molar-refractivity contribution in [3.8, 4) is 0 Å². The monoisotopic (exact) mass is 259 g/mol. The number of Topliss-reactive ketones (excluding diaryl/α,β-unsaturated/α-hetero) is 1. The third kappa shape index (κ3) is 3.66. The van der Waals surface area contributed by atoms with E-state index in [1.165, 1.54) is 17.5 Å². The minimum atomic E-state index is -0.0311. The maximum absolute atomic E-state index is 12.0. The van der Waals surface area contributed by atoms with Crippen LogP contribution in [0.4, 0.5) is 0 Å². The fourth-order valence-corrected chi connectivity index (χ4v) is 2.47. The van der Waals surface area contributed by atoms with Crippen molar-refractivity contribution in [1.29, 1.82) is 0 Å². The number of carbonyl (C=O) groups excluding carboxylic acids is 2. The molecule has 0 heterocycles. The van der Waals surface area contributed by atoms with Gasteiger partial charge < -0.3 is 5.32 Å². The van der Waals surface area contributed by atoms with Crippen molar-refractivity contribution in [3.05, 3.63) is 34.9 Å². The number of carbonyl (C=O) groups is 2. The van der Waals surface area contributed by atoms with Gasteiger partial charge in [-0.15, -0.1) is 0 Å². The topological polar surface area (TPSA) is 46.2 Å². The Balaban J connectivity index is 1.88. The second-order valence-corrected chi connectivity index (χ2v) is 5.11. The highest BCUT2D eigenvalue weighted by Crippen LogP contribution is 2.23. The van der Waals surface area contributed by atoms with Crippen molar-refractivity contribution in [3.63, 3.8) is 0 Å². The van der Waals surface area contributed by atoms with Gasteiger partial charge >= 0.3 is 0 Å². The van der Waals surface area contributed by atoms with Gasteiger partial charge in [-0.2, -0.15) is 0 Å². The molecule has 102 valence electrons. The van der Waals surface area contributed by atoms with Gasteiger partial charge in [0.2, 0.25) is 5.91 Å². The number of rotatable bonds is 6. The van der Waals surface area contributed by atoms with Crippen molar-refractivity contribution in [2.24, 2.45) is 0 Å². The highest BCUT2D eigenvalue weighted by molar-refractivity contribution is 5.98. The van der Waals surface area contributed by atoms with E-state index in [9.17, 15) is 9.59 Å². The van der Waals surface area contributed by atoms with Gasteiger partial charge in [0, 0.05) is 24.9 Å². The molecule has 0 aliphatic heterocycles. The first-order chi connectivity index (χ1) is 9.20. The quantitative estimate of drug-likeness (QED) is 0.798. The molecule has 3 heteroatoms. The number of aryl methyl sites for hydroxylation is 2. The second kappa shape index (κ2) is 6.50. The van der Waals surface area contributed by atoms with Crippen LogP contribution < -0.4 is 5.32 Å². The van der Waals surface area contributed by atoms with E-state index in [0.29, 0.717) is 13.0 Å². The molecule has 0 spiro atoms. The molecule has 0 saturated heterocycles. The standard InChI is InChI=1S/C16H21NO2/c1-2-10-17-16(19)9-8-15(18)14-7-6-12-4-3-5-13(12)11-14/h6-7,11H,2-5,8-10H2,1H3,(H,17,19). The number of amides is 1. The minimum Gasteiger partial charge on any atom is -0.356 e. The second-order valence-electron chi connectivity index (χ2n) is 5.11. The summed E-state index contributed by atoms with van der Waals surface area (Å²) in [6, 6.07) is 5.97. The largest absolute Gasteiger partial charge is 0.356 e. The van der Waals surface area contributed by atoms with Crippen LogP contribution in [0.2, 0.25) is 0 Å². The molecule has 0 atom stereocenters. The Hall–Kier alpha value is -1.64. The summed E-state index contributed by atoms with van der Waals surface area (Å²) in [6.07, 6.45) is 4.90. The van der Waals surface area contributed by atoms with Crippen molar-refractivity contribution in [2.75, 3.05) is 6.54 Å². The van der Waals surface area contributed by atoms with Crippen LogP contribution in [0.25, 0.3) is 0 Å². The Kier molecular flexibility index (Phi) is 4.72. The Morgan fingerprint density at radius 1 is 1.16 bits per heavy atom. The summed E-state index contributed by atoms with van der Waals surface area (Å²) in [5.41, 5.74) is 3.43. The van der Waals surface area contributed by atoms with Crippen molar-refractivity contribution in [1.82, 2.24) is 5.32 Å². The van der Waals surface area contributed by atoms with Crippen LogP contribution in [0, 0.1) is 0 Å². The lowest BCUT2D eigenvalue weighted by Gasteiger charge is -2.05. The first-order valence-corrected chi connectivity index (χ1v) is 7.12. The molecule has 1 aliphatic carbocycles. The van der Waals surface area contributed by atoms with Gasteiger partial charge in [-0.3, -0.25) is 9.59 Å². The number of hydrogen-bond donors (Lipinski definition) is 1. The van der Waals surface area contributed by atoms with Gasteiger partial charge in [-0.1, -0.05) is 19.1 Å². The van der Waals surface area contributed by atoms with E-state index in [1.807, 2.05) is 19.1 Å². The Labute approximate surface area is 114 Å². The summed E-state index contributed by atoms with van der Waals surface area (Å²) in [6.45, 7) is 2.70. The number of hydrogen-bond acceptors (Lipinski definition) is 2. The molecule has 0 fully saturated rings. The molecule has 1 aromatic rings. The van der Waals surface area contributed by atoms with Gasteiger partial charge in [0.25, 0.3) is 0 Å². The molecular weight excluding hydrogens is 238 g/mol. The predicted molar refractivity (Wildman–Crippen MR) is 75.3 cm³/mol. The fraction of sp³-hybridized carbons (Fsp3) is 0.500. The van der Waals surface area contributed by atoms with E-state index in [2.05, 4.69) is 11.4 Å². The van der Waals surface area contributed by atoms with Crippen LogP contribution >= 0.6 is 0 Å². The molecule has 0 bridgehead atoms. The molecule has 1 aromatic carbocycles. The van der Waals surface area contributed by atoms with E-state index in [0.717, 1.165) is 24.8 Å². The van der Waals surface area contributed by atoms with Crippen molar-refractivity contribution in [2.45, 2.75) is 45.4 Å². The predicted octanol–water partition coefficient (Wildman–Crippen LogP) is 2.66. The lowest BCUT2D eigenvalue weighted by atomic mass is 10.0. The van der Waals surface area contributed by atoms with Gasteiger partial charge in [-0.25, -0.2) is 0 Å². The Morgan fingerprint density at radius 3 is 2.74 bits per heavy atom. The Bertz CT molecular complexity index is 480. The highest BCUT2D eigenvalue weighted by Gasteiger charge is 2.14.